The van der Waals surface area contributed by atoms with E-state index in [0.717, 1.165) is 60.9 Å². The van der Waals surface area contributed by atoms with Crippen molar-refractivity contribution in [2.75, 3.05) is 43.0 Å². The number of nitrogens with zero attached hydrogens (tertiary/aromatic N) is 5. The fourth-order valence-electron chi connectivity index (χ4n) is 7.00. The van der Waals surface area contributed by atoms with Gasteiger partial charge in [-0.1, -0.05) is 83.7 Å². The average Bonchev–Trinajstić information content (AvgIpc) is 3.26. The van der Waals surface area contributed by atoms with E-state index in [1.54, 1.807) is 25.3 Å². The molecule has 6 rings (SSSR count). The molecule has 2 heterocycles. The van der Waals surface area contributed by atoms with Crippen LogP contribution in [0.5, 0.6) is 11.5 Å². The number of urea groups is 1. The predicted octanol–water partition coefficient (Wildman–Crippen LogP) is 5.66. The van der Waals surface area contributed by atoms with E-state index in [-0.39, 0.29) is 58.9 Å². The number of nitrogens with one attached hydrogen (secondary N) is 3. The average molecular weight is 910 g/mol. The Morgan fingerprint density at radius 2 is 1.52 bits per heavy atom. The first-order valence-corrected chi connectivity index (χ1v) is 22.2. The molecule has 18 heteroatoms. The molecule has 1 aromatic heterocycles. The van der Waals surface area contributed by atoms with Crippen LogP contribution in [0.2, 0.25) is 0 Å². The van der Waals surface area contributed by atoms with Crippen molar-refractivity contribution in [3.63, 3.8) is 0 Å². The molecule has 1 aliphatic carbocycles. The van der Waals surface area contributed by atoms with Gasteiger partial charge in [0.15, 0.2) is 0 Å². The lowest BCUT2D eigenvalue weighted by molar-refractivity contribution is -0.122. The van der Waals surface area contributed by atoms with Crippen LogP contribution in [0.25, 0.3) is 0 Å². The van der Waals surface area contributed by atoms with E-state index < -0.39 is 13.1 Å². The summed E-state index contributed by atoms with van der Waals surface area (Å²) in [5.74, 6) is -0.728. The normalized spacial score (nSPS) is 14.0. The molecule has 1 saturated heterocycles. The molecule has 0 spiro atoms. The van der Waals surface area contributed by atoms with Crippen molar-refractivity contribution >= 4 is 42.7 Å². The Kier molecular flexibility index (Phi) is 22.8. The summed E-state index contributed by atoms with van der Waals surface area (Å²) in [6, 6.07) is 17.3. The van der Waals surface area contributed by atoms with E-state index in [1.807, 2.05) is 39.8 Å². The van der Waals surface area contributed by atoms with Crippen molar-refractivity contribution in [3.8, 4) is 11.5 Å². The van der Waals surface area contributed by atoms with Crippen molar-refractivity contribution in [3.05, 3.63) is 120 Å². The SMILES string of the molecule is C1CCC1.C=CC(Cc1ccc(N2CCN(Cc3ccc(N(C(=N)c4cc(C(C)C)c(O)cc4O)C(N)=O)cc3)CC2)cc1)NC(=O)c1cnccn1.CNC(CC(C)C)B(O)O.O=CO. The molecule has 17 nitrogen and oxygen atoms in total. The Labute approximate surface area is 389 Å². The number of carbonyl (C=O) groups is 3. The number of phenolic OH excluding ortho intramolecular Hbond substituents is 2. The third-order valence-corrected chi connectivity index (χ3v) is 11.0. The molecule has 356 valence electrons. The second kappa shape index (κ2) is 27.9. The van der Waals surface area contributed by atoms with E-state index in [1.165, 1.54) is 56.4 Å². The summed E-state index contributed by atoms with van der Waals surface area (Å²) in [5.41, 5.74) is 10.3. The van der Waals surface area contributed by atoms with Crippen molar-refractivity contribution in [2.45, 2.75) is 90.7 Å². The number of phenols is 2. The lowest BCUT2D eigenvalue weighted by atomic mass is 9.75. The number of amides is 3. The predicted molar refractivity (Wildman–Crippen MR) is 260 cm³/mol. The van der Waals surface area contributed by atoms with E-state index >= 15 is 0 Å². The monoisotopic (exact) mass is 910 g/mol. The summed E-state index contributed by atoms with van der Waals surface area (Å²) in [7, 11) is 0.486. The van der Waals surface area contributed by atoms with Crippen LogP contribution in [0, 0.1) is 11.3 Å². The quantitative estimate of drug-likeness (QED) is 0.0229. The summed E-state index contributed by atoms with van der Waals surface area (Å²) in [5, 5.41) is 59.6. The maximum absolute atomic E-state index is 12.5. The molecule has 2 unspecified atom stereocenters. The van der Waals surface area contributed by atoms with Crippen LogP contribution in [-0.4, -0.2) is 117 Å². The number of aromatic hydroxyl groups is 2. The highest BCUT2D eigenvalue weighted by molar-refractivity contribution is 6.43. The molecular weight excluding hydrogens is 841 g/mol. The third kappa shape index (κ3) is 17.2. The molecule has 1 aliphatic heterocycles. The van der Waals surface area contributed by atoms with Gasteiger partial charge in [0.25, 0.3) is 12.4 Å². The summed E-state index contributed by atoms with van der Waals surface area (Å²) >= 11 is 0. The fourth-order valence-corrected chi connectivity index (χ4v) is 7.00. The van der Waals surface area contributed by atoms with Crippen LogP contribution in [0.4, 0.5) is 16.2 Å². The largest absolute Gasteiger partial charge is 0.508 e. The van der Waals surface area contributed by atoms with Gasteiger partial charge in [0.05, 0.1) is 23.5 Å². The standard InChI is InChI=1S/C37H42N8O4.C6H16BNO2.C4H8.CH2O2/c1-4-27(42-36(48)32-22-40-13-14-41-32)19-25-5-9-28(10-6-25)44-17-15-43(16-18-44)23-26-7-11-29(12-8-26)45(37(39)49)35(38)31-20-30(24(2)3)33(46)21-34(31)47;1-5(2)4-6(8-3)7(9)10;1-2-4-3-1;2-1-3/h4-14,20-22,24,27,38,46-47H,1,15-19,23H2,2-3H3,(H2,39,49)(H,42,48);5-6,8-10H,4H2,1-3H3;1-4H2;1H,(H,2,3). The van der Waals surface area contributed by atoms with Crippen molar-refractivity contribution in [1.82, 2.24) is 25.5 Å². The van der Waals surface area contributed by atoms with Gasteiger partial charge in [-0.15, -0.1) is 6.58 Å². The zero-order valence-electron chi connectivity index (χ0n) is 38.8. The van der Waals surface area contributed by atoms with Gasteiger partial charge in [-0.25, -0.2) is 14.7 Å². The maximum Gasteiger partial charge on any atom is 0.469 e. The summed E-state index contributed by atoms with van der Waals surface area (Å²) in [6.45, 7) is 15.7. The molecule has 66 heavy (non-hydrogen) atoms. The number of benzene rings is 3. The Hall–Kier alpha value is -6.34. The number of amidine groups is 1. The zero-order chi connectivity index (χ0) is 48.8. The van der Waals surface area contributed by atoms with Crippen molar-refractivity contribution in [1.29, 1.82) is 5.41 Å². The molecule has 3 amide bonds. The summed E-state index contributed by atoms with van der Waals surface area (Å²) in [4.78, 5) is 47.1. The smallest absolute Gasteiger partial charge is 0.469 e. The van der Waals surface area contributed by atoms with E-state index in [2.05, 4.69) is 61.2 Å². The Balaban J connectivity index is 0.000000574. The fraction of sp³-hybridized carbons (Fsp3) is 0.417. The number of primary amides is 1. The number of nitrogens with two attached hydrogens (primary N) is 1. The molecule has 2 atom stereocenters. The molecule has 4 aromatic rings. The number of aromatic nitrogens is 2. The van der Waals surface area contributed by atoms with Crippen LogP contribution < -0.4 is 26.2 Å². The number of piperazine rings is 1. The van der Waals surface area contributed by atoms with Gasteiger partial charge in [0, 0.05) is 62.8 Å². The Bertz CT molecular complexity index is 2110. The molecular formula is C48H68BN9O8. The van der Waals surface area contributed by atoms with Gasteiger partial charge < -0.3 is 46.6 Å². The molecule has 3 aromatic carbocycles. The number of rotatable bonds is 15. The van der Waals surface area contributed by atoms with E-state index in [0.29, 0.717) is 23.6 Å². The van der Waals surface area contributed by atoms with Crippen LogP contribution in [0.1, 0.15) is 98.5 Å². The first kappa shape index (κ1) is 54.0. The molecule has 10 N–H and O–H groups in total. The molecule has 2 aliphatic rings. The van der Waals surface area contributed by atoms with Crippen LogP contribution in [0.15, 0.2) is 91.9 Å². The number of hydrogen-bond donors (Lipinski definition) is 9. The number of carbonyl (C=O) groups excluding carboxylic acids is 2. The number of hydrogen-bond acceptors (Lipinski definition) is 13. The highest BCUT2D eigenvalue weighted by Crippen LogP contribution is 2.34. The second-order valence-electron chi connectivity index (χ2n) is 16.8. The minimum absolute atomic E-state index is 0.0598. The van der Waals surface area contributed by atoms with E-state index in [9.17, 15) is 19.8 Å². The lowest BCUT2D eigenvalue weighted by Crippen LogP contribution is -2.46. The van der Waals surface area contributed by atoms with Crippen molar-refractivity contribution < 1.29 is 39.8 Å². The second-order valence-corrected chi connectivity index (χ2v) is 16.8. The van der Waals surface area contributed by atoms with Crippen LogP contribution in [-0.2, 0) is 17.8 Å². The highest BCUT2D eigenvalue weighted by Gasteiger charge is 2.25. The lowest BCUT2D eigenvalue weighted by Gasteiger charge is -2.36. The zero-order valence-corrected chi connectivity index (χ0v) is 38.8. The first-order valence-electron chi connectivity index (χ1n) is 22.2. The Morgan fingerprint density at radius 1 is 0.924 bits per heavy atom. The van der Waals surface area contributed by atoms with Crippen LogP contribution >= 0.6 is 0 Å². The first-order chi connectivity index (χ1) is 31.5. The van der Waals surface area contributed by atoms with Gasteiger partial charge in [-0.3, -0.25) is 24.9 Å². The summed E-state index contributed by atoms with van der Waals surface area (Å²) in [6.07, 6.45) is 13.6. The highest BCUT2D eigenvalue weighted by atomic mass is 16.4. The molecule has 1 saturated carbocycles. The van der Waals surface area contributed by atoms with Gasteiger partial charge >= 0.3 is 13.1 Å². The molecule has 2 fully saturated rings. The maximum atomic E-state index is 12.5. The molecule has 0 bridgehead atoms. The van der Waals surface area contributed by atoms with Gasteiger partial charge in [0.1, 0.15) is 23.0 Å². The minimum atomic E-state index is -1.24. The van der Waals surface area contributed by atoms with E-state index in [4.69, 9.17) is 31.1 Å². The summed E-state index contributed by atoms with van der Waals surface area (Å²) < 4.78 is 0. The number of anilines is 2. The third-order valence-electron chi connectivity index (χ3n) is 11.0. The minimum Gasteiger partial charge on any atom is -0.508 e. The van der Waals surface area contributed by atoms with Crippen molar-refractivity contribution in [2.24, 2.45) is 11.7 Å². The number of carboxylic acid groups (broad SMARTS) is 1. The van der Waals surface area contributed by atoms with Gasteiger partial charge in [0.2, 0.25) is 0 Å². The topological polar surface area (TPSA) is 262 Å². The van der Waals surface area contributed by atoms with Gasteiger partial charge in [-0.05, 0) is 78.7 Å². The van der Waals surface area contributed by atoms with Crippen LogP contribution in [0.3, 0.4) is 0 Å². The Morgan fingerprint density at radius 3 is 1.97 bits per heavy atom. The van der Waals surface area contributed by atoms with Gasteiger partial charge in [-0.2, -0.15) is 0 Å². The molecule has 0 radical (unpaired) electrons.